The molecule has 1 fully saturated rings. The van der Waals surface area contributed by atoms with Crippen LogP contribution in [-0.2, 0) is 16.0 Å². The van der Waals surface area contributed by atoms with Crippen LogP contribution in [0.5, 0.6) is 5.75 Å². The average molecular weight is 495 g/mol. The van der Waals surface area contributed by atoms with Gasteiger partial charge in [0.1, 0.15) is 0 Å². The van der Waals surface area contributed by atoms with Crippen molar-refractivity contribution in [2.24, 2.45) is 4.99 Å². The molecule has 1 aromatic rings. The molecule has 8 heteroatoms. The summed E-state index contributed by atoms with van der Waals surface area (Å²) in [4.78, 5) is 4.49. The highest BCUT2D eigenvalue weighted by Gasteiger charge is 2.14. The molecule has 0 bridgehead atoms. The monoisotopic (exact) mass is 495 g/mol. The van der Waals surface area contributed by atoms with Gasteiger partial charge in [-0.05, 0) is 43.9 Å². The third-order valence-electron chi connectivity index (χ3n) is 4.07. The number of aliphatic imine (C=N–C) groups is 1. The van der Waals surface area contributed by atoms with Crippen molar-refractivity contribution in [1.82, 2.24) is 10.6 Å². The zero-order valence-corrected chi connectivity index (χ0v) is 18.5. The first-order valence-electron chi connectivity index (χ1n) is 9.27. The van der Waals surface area contributed by atoms with Crippen LogP contribution in [0.2, 0.25) is 0 Å². The highest BCUT2D eigenvalue weighted by Crippen LogP contribution is 2.18. The minimum absolute atomic E-state index is 0. The van der Waals surface area contributed by atoms with Crippen LogP contribution in [0.25, 0.3) is 0 Å². The molecule has 1 saturated heterocycles. The van der Waals surface area contributed by atoms with Crippen LogP contribution >= 0.6 is 24.0 Å². The van der Waals surface area contributed by atoms with E-state index in [0.29, 0.717) is 25.7 Å². The van der Waals surface area contributed by atoms with Gasteiger partial charge in [0.25, 0.3) is 0 Å². The molecule has 1 atom stereocenters. The lowest BCUT2D eigenvalue weighted by molar-refractivity contribution is 0.0168. The Labute approximate surface area is 178 Å². The number of hydrogen-bond donors (Lipinski definition) is 2. The lowest BCUT2D eigenvalue weighted by atomic mass is 10.2. The van der Waals surface area contributed by atoms with Crippen molar-refractivity contribution in [3.8, 4) is 5.75 Å². The van der Waals surface area contributed by atoms with E-state index in [4.69, 9.17) is 14.2 Å². The van der Waals surface area contributed by atoms with Crippen molar-refractivity contribution < 1.29 is 18.6 Å². The SMILES string of the molecule is CCNC(=NCc1ccc(OC)c(F)c1)NCCCOCC1CCCO1.I. The molecule has 1 aromatic carbocycles. The fourth-order valence-corrected chi connectivity index (χ4v) is 2.69. The fraction of sp³-hybridized carbons (Fsp3) is 0.632. The van der Waals surface area contributed by atoms with E-state index in [1.165, 1.54) is 13.2 Å². The molecule has 1 aliphatic rings. The van der Waals surface area contributed by atoms with Crippen LogP contribution in [0.4, 0.5) is 4.39 Å². The third-order valence-corrected chi connectivity index (χ3v) is 4.07. The molecule has 0 radical (unpaired) electrons. The number of hydrogen-bond acceptors (Lipinski definition) is 4. The van der Waals surface area contributed by atoms with Gasteiger partial charge in [-0.15, -0.1) is 24.0 Å². The van der Waals surface area contributed by atoms with Crippen molar-refractivity contribution >= 4 is 29.9 Å². The van der Waals surface area contributed by atoms with Crippen molar-refractivity contribution in [3.63, 3.8) is 0 Å². The Morgan fingerprint density at radius 1 is 1.37 bits per heavy atom. The van der Waals surface area contributed by atoms with Crippen LogP contribution in [0.15, 0.2) is 23.2 Å². The van der Waals surface area contributed by atoms with Crippen LogP contribution in [0.1, 0.15) is 31.7 Å². The fourth-order valence-electron chi connectivity index (χ4n) is 2.69. The minimum Gasteiger partial charge on any atom is -0.494 e. The van der Waals surface area contributed by atoms with Gasteiger partial charge in [0, 0.05) is 26.3 Å². The van der Waals surface area contributed by atoms with E-state index in [2.05, 4.69) is 15.6 Å². The summed E-state index contributed by atoms with van der Waals surface area (Å²) in [7, 11) is 1.45. The zero-order valence-electron chi connectivity index (χ0n) is 16.1. The molecule has 1 heterocycles. The molecule has 1 unspecified atom stereocenters. The number of guanidine groups is 1. The molecule has 0 aromatic heterocycles. The van der Waals surface area contributed by atoms with Crippen LogP contribution in [-0.4, -0.2) is 52.1 Å². The molecule has 6 nitrogen and oxygen atoms in total. The summed E-state index contributed by atoms with van der Waals surface area (Å²) >= 11 is 0. The van der Waals surface area contributed by atoms with E-state index in [0.717, 1.165) is 44.5 Å². The van der Waals surface area contributed by atoms with Gasteiger partial charge >= 0.3 is 0 Å². The highest BCUT2D eigenvalue weighted by molar-refractivity contribution is 14.0. The van der Waals surface area contributed by atoms with E-state index < -0.39 is 0 Å². The van der Waals surface area contributed by atoms with Gasteiger partial charge < -0.3 is 24.8 Å². The van der Waals surface area contributed by atoms with Gasteiger partial charge in [0.2, 0.25) is 0 Å². The molecule has 0 amide bonds. The molecule has 0 aliphatic carbocycles. The van der Waals surface area contributed by atoms with Gasteiger partial charge in [0.05, 0.1) is 26.4 Å². The second kappa shape index (κ2) is 14.0. The second-order valence-electron chi connectivity index (χ2n) is 6.15. The first-order chi connectivity index (χ1) is 12.7. The van der Waals surface area contributed by atoms with Crippen molar-refractivity contribution in [1.29, 1.82) is 0 Å². The highest BCUT2D eigenvalue weighted by atomic mass is 127. The van der Waals surface area contributed by atoms with Gasteiger partial charge in [-0.3, -0.25) is 0 Å². The third kappa shape index (κ3) is 9.07. The summed E-state index contributed by atoms with van der Waals surface area (Å²) in [6.45, 7) is 6.15. The summed E-state index contributed by atoms with van der Waals surface area (Å²) in [5, 5.41) is 6.45. The second-order valence-corrected chi connectivity index (χ2v) is 6.15. The quantitative estimate of drug-likeness (QED) is 0.226. The molecule has 27 heavy (non-hydrogen) atoms. The largest absolute Gasteiger partial charge is 0.494 e. The van der Waals surface area contributed by atoms with Crippen LogP contribution in [0.3, 0.4) is 0 Å². The Balaban J connectivity index is 0.00000364. The molecular weight excluding hydrogens is 464 g/mol. The smallest absolute Gasteiger partial charge is 0.191 e. The number of nitrogens with zero attached hydrogens (tertiary/aromatic N) is 1. The average Bonchev–Trinajstić information content (AvgIpc) is 3.16. The molecule has 0 saturated carbocycles. The summed E-state index contributed by atoms with van der Waals surface area (Å²) in [6, 6.07) is 4.88. The molecule has 0 spiro atoms. The van der Waals surface area contributed by atoms with Gasteiger partial charge in [-0.1, -0.05) is 6.07 Å². The van der Waals surface area contributed by atoms with Crippen molar-refractivity contribution in [2.45, 2.75) is 38.8 Å². The van der Waals surface area contributed by atoms with Gasteiger partial charge in [-0.25, -0.2) is 9.38 Å². The number of ether oxygens (including phenoxy) is 3. The number of nitrogens with one attached hydrogen (secondary N) is 2. The summed E-state index contributed by atoms with van der Waals surface area (Å²) in [6.07, 6.45) is 3.39. The normalized spacial score (nSPS) is 16.7. The Morgan fingerprint density at radius 3 is 2.89 bits per heavy atom. The molecule has 154 valence electrons. The summed E-state index contributed by atoms with van der Waals surface area (Å²) < 4.78 is 29.8. The molecule has 2 rings (SSSR count). The maximum Gasteiger partial charge on any atom is 0.191 e. The molecule has 2 N–H and O–H groups in total. The lowest BCUT2D eigenvalue weighted by Crippen LogP contribution is -2.38. The summed E-state index contributed by atoms with van der Waals surface area (Å²) in [5.74, 6) is 0.579. The maximum atomic E-state index is 13.7. The lowest BCUT2D eigenvalue weighted by Gasteiger charge is -2.13. The minimum atomic E-state index is -0.374. The molecule has 1 aliphatic heterocycles. The van der Waals surface area contributed by atoms with Gasteiger partial charge in [-0.2, -0.15) is 0 Å². The topological polar surface area (TPSA) is 64.1 Å². The number of methoxy groups -OCH3 is 1. The Hall–Kier alpha value is -1.13. The standard InChI is InChI=1S/C19H30FN3O3.HI/c1-3-21-19(22-9-5-10-25-14-16-6-4-11-26-16)23-13-15-7-8-18(24-2)17(20)12-15;/h7-8,12,16H,3-6,9-11,13-14H2,1-2H3,(H2,21,22,23);1H. The van der Waals surface area contributed by atoms with Crippen LogP contribution in [0, 0.1) is 5.82 Å². The predicted octanol–water partition coefficient (Wildman–Crippen LogP) is 3.09. The van der Waals surface area contributed by atoms with E-state index in [-0.39, 0.29) is 41.6 Å². The van der Waals surface area contributed by atoms with E-state index in [9.17, 15) is 4.39 Å². The summed E-state index contributed by atoms with van der Waals surface area (Å²) in [5.41, 5.74) is 0.792. The Morgan fingerprint density at radius 2 is 2.22 bits per heavy atom. The first-order valence-corrected chi connectivity index (χ1v) is 9.27. The zero-order chi connectivity index (χ0) is 18.6. The number of rotatable bonds is 10. The number of benzene rings is 1. The first kappa shape index (κ1) is 23.9. The van der Waals surface area contributed by atoms with Crippen molar-refractivity contribution in [2.75, 3.05) is 40.0 Å². The van der Waals surface area contributed by atoms with Gasteiger partial charge in [0.15, 0.2) is 17.5 Å². The van der Waals surface area contributed by atoms with Crippen molar-refractivity contribution in [3.05, 3.63) is 29.6 Å². The van der Waals surface area contributed by atoms with E-state index in [1.54, 1.807) is 6.07 Å². The van der Waals surface area contributed by atoms with E-state index >= 15 is 0 Å². The van der Waals surface area contributed by atoms with E-state index in [1.807, 2.05) is 13.0 Å². The predicted molar refractivity (Wildman–Crippen MR) is 116 cm³/mol. The Bertz CT molecular complexity index is 569. The Kier molecular flexibility index (Phi) is 12.4. The number of halogens is 2. The van der Waals surface area contributed by atoms with Crippen LogP contribution < -0.4 is 15.4 Å². The molecular formula is C19H31FIN3O3. The maximum absolute atomic E-state index is 13.7.